The zero-order valence-corrected chi connectivity index (χ0v) is 9.56. The van der Waals surface area contributed by atoms with Crippen molar-refractivity contribution in [2.75, 3.05) is 18.6 Å². The van der Waals surface area contributed by atoms with Gasteiger partial charge in [-0.2, -0.15) is 0 Å². The molecule has 2 N–H and O–H groups in total. The minimum atomic E-state index is -0.461. The van der Waals surface area contributed by atoms with Crippen molar-refractivity contribution >= 4 is 11.6 Å². The van der Waals surface area contributed by atoms with Gasteiger partial charge < -0.3 is 15.4 Å². The molecule has 0 saturated heterocycles. The van der Waals surface area contributed by atoms with Crippen LogP contribution in [-0.2, 0) is 11.2 Å². The van der Waals surface area contributed by atoms with Crippen LogP contribution in [0.1, 0.15) is 12.5 Å². The summed E-state index contributed by atoms with van der Waals surface area (Å²) >= 11 is 0. The molecule has 1 aromatic rings. The maximum atomic E-state index is 11.9. The van der Waals surface area contributed by atoms with E-state index in [0.29, 0.717) is 6.54 Å². The Balaban J connectivity index is 2.37. The van der Waals surface area contributed by atoms with Gasteiger partial charge in [-0.05, 0) is 25.5 Å². The number of amides is 1. The van der Waals surface area contributed by atoms with E-state index in [2.05, 4.69) is 0 Å². The lowest BCUT2D eigenvalue weighted by Gasteiger charge is -2.19. The Kier molecular flexibility index (Phi) is 2.83. The third kappa shape index (κ3) is 1.65. The molecule has 1 amide bonds. The van der Waals surface area contributed by atoms with Gasteiger partial charge in [-0.25, -0.2) is 0 Å². The maximum absolute atomic E-state index is 11.9. The summed E-state index contributed by atoms with van der Waals surface area (Å²) in [4.78, 5) is 13.6. The maximum Gasteiger partial charge on any atom is 0.243 e. The summed E-state index contributed by atoms with van der Waals surface area (Å²) in [5.41, 5.74) is 7.65. The number of anilines is 1. The molecule has 0 saturated carbocycles. The number of nitrogens with zero attached hydrogens (tertiary/aromatic N) is 1. The van der Waals surface area contributed by atoms with E-state index in [1.165, 1.54) is 0 Å². The van der Waals surface area contributed by atoms with Gasteiger partial charge in [0.15, 0.2) is 0 Å². The summed E-state index contributed by atoms with van der Waals surface area (Å²) in [5.74, 6) is 0.810. The van der Waals surface area contributed by atoms with Crippen molar-refractivity contribution in [2.24, 2.45) is 5.73 Å². The summed E-state index contributed by atoms with van der Waals surface area (Å²) in [6.45, 7) is 2.40. The number of hydrogen-bond acceptors (Lipinski definition) is 3. The van der Waals surface area contributed by atoms with Gasteiger partial charge in [0, 0.05) is 12.1 Å². The van der Waals surface area contributed by atoms with Crippen LogP contribution >= 0.6 is 0 Å². The number of nitrogens with two attached hydrogens (primary N) is 1. The van der Waals surface area contributed by atoms with Crippen LogP contribution < -0.4 is 15.4 Å². The topological polar surface area (TPSA) is 55.6 Å². The van der Waals surface area contributed by atoms with Crippen LogP contribution in [0.3, 0.4) is 0 Å². The molecule has 0 fully saturated rings. The van der Waals surface area contributed by atoms with Gasteiger partial charge in [0.25, 0.3) is 0 Å². The lowest BCUT2D eigenvalue weighted by Crippen LogP contribution is -2.41. The van der Waals surface area contributed by atoms with Crippen LogP contribution in [-0.4, -0.2) is 25.6 Å². The Morgan fingerprint density at radius 3 is 2.94 bits per heavy atom. The number of hydrogen-bond donors (Lipinski definition) is 1. The summed E-state index contributed by atoms with van der Waals surface area (Å²) in [6.07, 6.45) is 0.831. The van der Waals surface area contributed by atoms with Gasteiger partial charge in [0.05, 0.1) is 18.8 Å². The number of rotatable bonds is 2. The normalized spacial score (nSPS) is 15.8. The summed E-state index contributed by atoms with van der Waals surface area (Å²) in [5, 5.41) is 0. The van der Waals surface area contributed by atoms with Crippen molar-refractivity contribution in [1.29, 1.82) is 0 Å². The first kappa shape index (κ1) is 11.0. The first-order valence-electron chi connectivity index (χ1n) is 5.38. The van der Waals surface area contributed by atoms with E-state index in [9.17, 15) is 4.79 Å². The zero-order valence-electron chi connectivity index (χ0n) is 9.56. The second-order valence-electron chi connectivity index (χ2n) is 3.99. The van der Waals surface area contributed by atoms with E-state index in [0.717, 1.165) is 23.4 Å². The lowest BCUT2D eigenvalue weighted by molar-refractivity contribution is -0.119. The molecule has 1 aliphatic heterocycles. The monoisotopic (exact) mass is 220 g/mol. The van der Waals surface area contributed by atoms with E-state index in [4.69, 9.17) is 10.5 Å². The zero-order chi connectivity index (χ0) is 11.7. The smallest absolute Gasteiger partial charge is 0.243 e. The molecule has 1 aromatic carbocycles. The van der Waals surface area contributed by atoms with E-state index in [1.54, 1.807) is 18.9 Å². The summed E-state index contributed by atoms with van der Waals surface area (Å²) < 4.78 is 5.28. The predicted octanol–water partition coefficient (Wildman–Crippen LogP) is 0.931. The van der Waals surface area contributed by atoms with Crippen LogP contribution in [0.5, 0.6) is 5.75 Å². The molecule has 1 atom stereocenters. The van der Waals surface area contributed by atoms with Crippen molar-refractivity contribution in [2.45, 2.75) is 19.4 Å². The SMILES string of the molecule is COc1cccc2c1CCN2C(=O)[C@H](C)N. The Labute approximate surface area is 95.0 Å². The molecule has 16 heavy (non-hydrogen) atoms. The number of ether oxygens (including phenoxy) is 1. The molecule has 4 heteroatoms. The van der Waals surface area contributed by atoms with Crippen LogP contribution in [0, 0.1) is 0 Å². The average molecular weight is 220 g/mol. The van der Waals surface area contributed by atoms with Gasteiger partial charge in [-0.15, -0.1) is 0 Å². The first-order chi connectivity index (χ1) is 7.65. The fourth-order valence-corrected chi connectivity index (χ4v) is 2.07. The minimum Gasteiger partial charge on any atom is -0.496 e. The summed E-state index contributed by atoms with van der Waals surface area (Å²) in [7, 11) is 1.64. The summed E-state index contributed by atoms with van der Waals surface area (Å²) in [6, 6.07) is 5.28. The number of carbonyl (C=O) groups is 1. The number of carbonyl (C=O) groups excluding carboxylic acids is 1. The highest BCUT2D eigenvalue weighted by atomic mass is 16.5. The molecule has 0 spiro atoms. The second-order valence-corrected chi connectivity index (χ2v) is 3.99. The molecule has 0 unspecified atom stereocenters. The van der Waals surface area contributed by atoms with Gasteiger partial charge in [-0.3, -0.25) is 4.79 Å². The Morgan fingerprint density at radius 1 is 1.56 bits per heavy atom. The van der Waals surface area contributed by atoms with Gasteiger partial charge >= 0.3 is 0 Å². The molecule has 2 rings (SSSR count). The van der Waals surface area contributed by atoms with Crippen molar-refractivity contribution in [3.63, 3.8) is 0 Å². The highest BCUT2D eigenvalue weighted by Gasteiger charge is 2.28. The third-order valence-electron chi connectivity index (χ3n) is 2.86. The molecule has 0 aromatic heterocycles. The number of fused-ring (bicyclic) bond motifs is 1. The molecule has 1 heterocycles. The van der Waals surface area contributed by atoms with Crippen LogP contribution in [0.15, 0.2) is 18.2 Å². The van der Waals surface area contributed by atoms with Crippen molar-refractivity contribution in [1.82, 2.24) is 0 Å². The lowest BCUT2D eigenvalue weighted by atomic mass is 10.1. The molecule has 0 aliphatic carbocycles. The Bertz CT molecular complexity index is 415. The average Bonchev–Trinajstić information content (AvgIpc) is 2.71. The van der Waals surface area contributed by atoms with Crippen LogP contribution in [0.2, 0.25) is 0 Å². The quantitative estimate of drug-likeness (QED) is 0.806. The van der Waals surface area contributed by atoms with Crippen LogP contribution in [0.4, 0.5) is 5.69 Å². The van der Waals surface area contributed by atoms with E-state index in [1.807, 2.05) is 18.2 Å². The number of benzene rings is 1. The highest BCUT2D eigenvalue weighted by molar-refractivity contribution is 5.99. The molecular weight excluding hydrogens is 204 g/mol. The molecule has 0 bridgehead atoms. The first-order valence-corrected chi connectivity index (χ1v) is 5.38. The molecule has 4 nitrogen and oxygen atoms in total. The van der Waals surface area contributed by atoms with Crippen molar-refractivity contribution in [3.8, 4) is 5.75 Å². The van der Waals surface area contributed by atoms with Gasteiger partial charge in [0.2, 0.25) is 5.91 Å². The van der Waals surface area contributed by atoms with E-state index < -0.39 is 6.04 Å². The van der Waals surface area contributed by atoms with Gasteiger partial charge in [0.1, 0.15) is 5.75 Å². The van der Waals surface area contributed by atoms with Crippen molar-refractivity contribution in [3.05, 3.63) is 23.8 Å². The van der Waals surface area contributed by atoms with Gasteiger partial charge in [-0.1, -0.05) is 6.07 Å². The largest absolute Gasteiger partial charge is 0.496 e. The van der Waals surface area contributed by atoms with Crippen LogP contribution in [0.25, 0.3) is 0 Å². The highest BCUT2D eigenvalue weighted by Crippen LogP contribution is 2.34. The molecule has 86 valence electrons. The Hall–Kier alpha value is -1.55. The number of methoxy groups -OCH3 is 1. The predicted molar refractivity (Wildman–Crippen MR) is 62.7 cm³/mol. The van der Waals surface area contributed by atoms with Crippen molar-refractivity contribution < 1.29 is 9.53 Å². The second kappa shape index (κ2) is 4.14. The fraction of sp³-hybridized carbons (Fsp3) is 0.417. The minimum absolute atomic E-state index is 0.0352. The standard InChI is InChI=1S/C12H16N2O2/c1-8(13)12(15)14-7-6-9-10(14)4-3-5-11(9)16-2/h3-5,8H,6-7,13H2,1-2H3/t8-/m0/s1. The molecule has 0 radical (unpaired) electrons. The molecule has 1 aliphatic rings. The Morgan fingerprint density at radius 2 is 2.31 bits per heavy atom. The third-order valence-corrected chi connectivity index (χ3v) is 2.86. The van der Waals surface area contributed by atoms with E-state index >= 15 is 0 Å². The van der Waals surface area contributed by atoms with E-state index in [-0.39, 0.29) is 5.91 Å². The fourth-order valence-electron chi connectivity index (χ4n) is 2.07. The molecular formula is C12H16N2O2.